The Morgan fingerprint density at radius 1 is 1.12 bits per heavy atom. The van der Waals surface area contributed by atoms with Crippen molar-refractivity contribution in [1.82, 2.24) is 20.0 Å². The number of ether oxygens (including phenoxy) is 1. The maximum absolute atomic E-state index is 13.0. The van der Waals surface area contributed by atoms with Crippen LogP contribution in [0, 0.1) is 0 Å². The number of carbonyl (C=O) groups is 1. The molecule has 32 heavy (non-hydrogen) atoms. The quantitative estimate of drug-likeness (QED) is 0.457. The minimum atomic E-state index is -0.288. The van der Waals surface area contributed by atoms with E-state index in [1.165, 1.54) is 10.9 Å². The number of rotatable bonds is 8. The fourth-order valence-corrected chi connectivity index (χ4v) is 3.30. The first-order valence-corrected chi connectivity index (χ1v) is 10.4. The Labute approximate surface area is 184 Å². The molecule has 164 valence electrons. The second-order valence-corrected chi connectivity index (χ2v) is 7.66. The molecule has 0 fully saturated rings. The summed E-state index contributed by atoms with van der Waals surface area (Å²) >= 11 is 0. The lowest BCUT2D eigenvalue weighted by Crippen LogP contribution is -2.27. The topological polar surface area (TPSA) is 99.2 Å². The summed E-state index contributed by atoms with van der Waals surface area (Å²) in [5.74, 6) is 0.633. The fraction of sp³-hybridized carbons (Fsp3) is 0.250. The summed E-state index contributed by atoms with van der Waals surface area (Å²) in [7, 11) is 0. The van der Waals surface area contributed by atoms with E-state index < -0.39 is 0 Å². The molecular weight excluding hydrogens is 408 g/mol. The number of benzene rings is 2. The van der Waals surface area contributed by atoms with Gasteiger partial charge in [-0.3, -0.25) is 14.2 Å². The van der Waals surface area contributed by atoms with Crippen molar-refractivity contribution in [2.24, 2.45) is 0 Å². The zero-order chi connectivity index (χ0) is 22.5. The van der Waals surface area contributed by atoms with Crippen LogP contribution in [0.1, 0.15) is 25.8 Å². The Hall–Kier alpha value is -3.94. The number of amides is 1. The number of hydrogen-bond donors (Lipinski definition) is 1. The predicted molar refractivity (Wildman–Crippen MR) is 120 cm³/mol. The van der Waals surface area contributed by atoms with Crippen molar-refractivity contribution in [2.75, 3.05) is 0 Å². The fourth-order valence-electron chi connectivity index (χ4n) is 3.30. The molecule has 0 aliphatic heterocycles. The maximum atomic E-state index is 13.0. The van der Waals surface area contributed by atoms with Crippen LogP contribution in [0.15, 0.2) is 70.2 Å². The maximum Gasteiger partial charge on any atom is 0.266 e. The molecule has 0 aliphatic carbocycles. The molecule has 0 spiro atoms. The SMILES string of the molecule is CC(C)Oc1ccc(CNC(=O)CCn2cnc3onc(-c4ccccc4)c3c2=O)cc1. The van der Waals surface area contributed by atoms with Gasteiger partial charge in [0.25, 0.3) is 11.3 Å². The number of nitrogens with zero attached hydrogens (tertiary/aromatic N) is 3. The number of aromatic nitrogens is 3. The van der Waals surface area contributed by atoms with Gasteiger partial charge in [0.15, 0.2) is 0 Å². The summed E-state index contributed by atoms with van der Waals surface area (Å²) in [5, 5.41) is 7.19. The van der Waals surface area contributed by atoms with E-state index in [-0.39, 0.29) is 36.2 Å². The first-order chi connectivity index (χ1) is 15.5. The van der Waals surface area contributed by atoms with E-state index in [9.17, 15) is 9.59 Å². The van der Waals surface area contributed by atoms with Crippen molar-refractivity contribution in [3.05, 3.63) is 76.8 Å². The van der Waals surface area contributed by atoms with Crippen LogP contribution in [0.25, 0.3) is 22.4 Å². The highest BCUT2D eigenvalue weighted by molar-refractivity contribution is 5.88. The van der Waals surface area contributed by atoms with Gasteiger partial charge in [0, 0.05) is 25.1 Å². The first kappa shape index (κ1) is 21.3. The Morgan fingerprint density at radius 2 is 1.88 bits per heavy atom. The van der Waals surface area contributed by atoms with Crippen LogP contribution in [-0.4, -0.2) is 26.7 Å². The van der Waals surface area contributed by atoms with E-state index in [4.69, 9.17) is 9.26 Å². The lowest BCUT2D eigenvalue weighted by Gasteiger charge is -2.10. The smallest absolute Gasteiger partial charge is 0.266 e. The van der Waals surface area contributed by atoms with E-state index in [1.54, 1.807) is 0 Å². The average molecular weight is 432 g/mol. The van der Waals surface area contributed by atoms with E-state index in [0.717, 1.165) is 16.9 Å². The standard InChI is InChI=1S/C24H24N4O4/c1-16(2)31-19-10-8-17(9-11-19)14-25-20(29)12-13-28-15-26-23-21(24(28)30)22(27-32-23)18-6-4-3-5-7-18/h3-11,15-16H,12-14H2,1-2H3,(H,25,29). The molecule has 2 aromatic carbocycles. The minimum absolute atomic E-state index is 0.110. The second-order valence-electron chi connectivity index (χ2n) is 7.66. The summed E-state index contributed by atoms with van der Waals surface area (Å²) in [6.07, 6.45) is 1.64. The van der Waals surface area contributed by atoms with Gasteiger partial charge >= 0.3 is 0 Å². The minimum Gasteiger partial charge on any atom is -0.491 e. The third kappa shape index (κ3) is 4.85. The van der Waals surface area contributed by atoms with Gasteiger partial charge in [-0.1, -0.05) is 47.6 Å². The van der Waals surface area contributed by atoms with Crippen LogP contribution >= 0.6 is 0 Å². The Kier molecular flexibility index (Phi) is 6.30. The van der Waals surface area contributed by atoms with Crippen LogP contribution in [0.3, 0.4) is 0 Å². The molecule has 0 aliphatic rings. The number of hydrogen-bond acceptors (Lipinski definition) is 6. The van der Waals surface area contributed by atoms with Gasteiger partial charge in [-0.2, -0.15) is 0 Å². The normalized spacial score (nSPS) is 11.1. The van der Waals surface area contributed by atoms with Crippen molar-refractivity contribution in [3.8, 4) is 17.0 Å². The molecule has 2 heterocycles. The third-order valence-corrected chi connectivity index (χ3v) is 4.87. The largest absolute Gasteiger partial charge is 0.491 e. The Morgan fingerprint density at radius 3 is 2.59 bits per heavy atom. The van der Waals surface area contributed by atoms with Gasteiger partial charge in [-0.25, -0.2) is 4.98 Å². The predicted octanol–water partition coefficient (Wildman–Crippen LogP) is 3.55. The van der Waals surface area contributed by atoms with Crippen molar-refractivity contribution >= 4 is 17.0 Å². The molecule has 0 saturated carbocycles. The van der Waals surface area contributed by atoms with Gasteiger partial charge in [0.1, 0.15) is 23.2 Å². The molecule has 0 saturated heterocycles. The highest BCUT2D eigenvalue weighted by Crippen LogP contribution is 2.23. The van der Waals surface area contributed by atoms with Gasteiger partial charge in [0.05, 0.1) is 6.10 Å². The van der Waals surface area contributed by atoms with Crippen molar-refractivity contribution in [1.29, 1.82) is 0 Å². The molecule has 1 amide bonds. The highest BCUT2D eigenvalue weighted by atomic mass is 16.5. The van der Waals surface area contributed by atoms with E-state index in [2.05, 4.69) is 15.5 Å². The molecule has 4 aromatic rings. The molecule has 0 atom stereocenters. The summed E-state index contributed by atoms with van der Waals surface area (Å²) in [6.45, 7) is 4.54. The molecule has 4 rings (SSSR count). The monoisotopic (exact) mass is 432 g/mol. The lowest BCUT2D eigenvalue weighted by atomic mass is 10.1. The molecular formula is C24H24N4O4. The molecule has 0 radical (unpaired) electrons. The summed E-state index contributed by atoms with van der Waals surface area (Å²) in [5.41, 5.74) is 2.07. The number of fused-ring (bicyclic) bond motifs is 1. The molecule has 1 N–H and O–H groups in total. The summed E-state index contributed by atoms with van der Waals surface area (Å²) < 4.78 is 12.2. The van der Waals surface area contributed by atoms with Crippen LogP contribution < -0.4 is 15.6 Å². The van der Waals surface area contributed by atoms with Crippen LogP contribution in [0.4, 0.5) is 0 Å². The third-order valence-electron chi connectivity index (χ3n) is 4.87. The van der Waals surface area contributed by atoms with Gasteiger partial charge in [-0.05, 0) is 31.5 Å². The number of aryl methyl sites for hydroxylation is 1. The molecule has 0 bridgehead atoms. The van der Waals surface area contributed by atoms with Crippen molar-refractivity contribution in [3.63, 3.8) is 0 Å². The van der Waals surface area contributed by atoms with E-state index in [0.29, 0.717) is 17.6 Å². The average Bonchev–Trinajstić information content (AvgIpc) is 3.23. The molecule has 0 unspecified atom stereocenters. The van der Waals surface area contributed by atoms with Gasteiger partial charge in [0.2, 0.25) is 5.91 Å². The molecule has 2 aromatic heterocycles. The van der Waals surface area contributed by atoms with Gasteiger partial charge < -0.3 is 14.6 Å². The van der Waals surface area contributed by atoms with Crippen LogP contribution in [0.5, 0.6) is 5.75 Å². The van der Waals surface area contributed by atoms with Crippen LogP contribution in [-0.2, 0) is 17.9 Å². The zero-order valence-corrected chi connectivity index (χ0v) is 17.9. The highest BCUT2D eigenvalue weighted by Gasteiger charge is 2.17. The molecule has 8 nitrogen and oxygen atoms in total. The summed E-state index contributed by atoms with van der Waals surface area (Å²) in [4.78, 5) is 29.5. The van der Waals surface area contributed by atoms with Crippen molar-refractivity contribution < 1.29 is 14.1 Å². The van der Waals surface area contributed by atoms with E-state index >= 15 is 0 Å². The van der Waals surface area contributed by atoms with Crippen LogP contribution in [0.2, 0.25) is 0 Å². The van der Waals surface area contributed by atoms with Crippen molar-refractivity contribution in [2.45, 2.75) is 39.5 Å². The Balaban J connectivity index is 1.39. The molecule has 8 heteroatoms. The van der Waals surface area contributed by atoms with E-state index in [1.807, 2.05) is 68.4 Å². The Bertz CT molecular complexity index is 1260. The number of carbonyl (C=O) groups excluding carboxylic acids is 1. The summed E-state index contributed by atoms with van der Waals surface area (Å²) in [6, 6.07) is 16.9. The first-order valence-electron chi connectivity index (χ1n) is 10.4. The number of nitrogens with one attached hydrogen (secondary N) is 1. The second kappa shape index (κ2) is 9.47. The van der Waals surface area contributed by atoms with Gasteiger partial charge in [-0.15, -0.1) is 0 Å². The zero-order valence-electron chi connectivity index (χ0n) is 17.9. The lowest BCUT2D eigenvalue weighted by molar-refractivity contribution is -0.121.